The van der Waals surface area contributed by atoms with Gasteiger partial charge in [-0.3, -0.25) is 0 Å². The second-order valence-corrected chi connectivity index (χ2v) is 3.29. The molecule has 0 aliphatic heterocycles. The Hall–Kier alpha value is -0.120. The van der Waals surface area contributed by atoms with Gasteiger partial charge in [0.1, 0.15) is 0 Å². The summed E-state index contributed by atoms with van der Waals surface area (Å²) in [6.45, 7) is 2.02. The van der Waals surface area contributed by atoms with Crippen LogP contribution in [0.1, 0.15) is 26.2 Å². The highest BCUT2D eigenvalue weighted by Crippen LogP contribution is 2.37. The Bertz CT molecular complexity index is 118. The third kappa shape index (κ3) is 1.31. The molecule has 1 unspecified atom stereocenters. The van der Waals surface area contributed by atoms with Crippen molar-refractivity contribution in [3.63, 3.8) is 0 Å². The molecular formula is C7H17N3. The Morgan fingerprint density at radius 1 is 1.50 bits per heavy atom. The van der Waals surface area contributed by atoms with E-state index in [-0.39, 0.29) is 6.04 Å². The van der Waals surface area contributed by atoms with Crippen LogP contribution in [0.2, 0.25) is 0 Å². The smallest absolute Gasteiger partial charge is 0.0821 e. The average molecular weight is 143 g/mol. The fourth-order valence-electron chi connectivity index (χ4n) is 1.24. The topological polar surface area (TPSA) is 78.1 Å². The molecule has 0 aromatic heterocycles. The molecule has 6 N–H and O–H groups in total. The Kier molecular flexibility index (Phi) is 1.99. The molecule has 0 radical (unpaired) electrons. The molecule has 0 saturated heterocycles. The lowest BCUT2D eigenvalue weighted by molar-refractivity contribution is 0.304. The molecule has 1 atom stereocenters. The van der Waals surface area contributed by atoms with Crippen LogP contribution in [-0.4, -0.2) is 11.7 Å². The minimum Gasteiger partial charge on any atom is -0.325 e. The van der Waals surface area contributed by atoms with Gasteiger partial charge in [-0.2, -0.15) is 0 Å². The normalized spacial score (nSPS) is 22.8. The van der Waals surface area contributed by atoms with Crippen molar-refractivity contribution in [3.05, 3.63) is 0 Å². The van der Waals surface area contributed by atoms with E-state index in [0.29, 0.717) is 5.92 Å². The molecule has 0 bridgehead atoms. The zero-order valence-corrected chi connectivity index (χ0v) is 6.51. The molecule has 1 saturated carbocycles. The third-order valence-electron chi connectivity index (χ3n) is 2.37. The van der Waals surface area contributed by atoms with Crippen LogP contribution in [0, 0.1) is 5.92 Å². The Morgan fingerprint density at radius 2 is 2.00 bits per heavy atom. The highest BCUT2D eigenvalue weighted by Gasteiger charge is 2.42. The molecule has 0 amide bonds. The van der Waals surface area contributed by atoms with Crippen LogP contribution in [0.15, 0.2) is 0 Å². The minimum atomic E-state index is -0.602. The quantitative estimate of drug-likeness (QED) is 0.477. The fourth-order valence-corrected chi connectivity index (χ4v) is 1.24. The molecule has 1 aliphatic rings. The monoisotopic (exact) mass is 143 g/mol. The van der Waals surface area contributed by atoms with E-state index in [4.69, 9.17) is 17.2 Å². The number of hydrogen-bond donors (Lipinski definition) is 3. The van der Waals surface area contributed by atoms with Gasteiger partial charge in [-0.15, -0.1) is 0 Å². The summed E-state index contributed by atoms with van der Waals surface area (Å²) in [7, 11) is 0. The Morgan fingerprint density at radius 3 is 2.30 bits per heavy atom. The lowest BCUT2D eigenvalue weighted by Crippen LogP contribution is -2.63. The van der Waals surface area contributed by atoms with Gasteiger partial charge in [-0.25, -0.2) is 0 Å². The highest BCUT2D eigenvalue weighted by atomic mass is 15.0. The summed E-state index contributed by atoms with van der Waals surface area (Å²) < 4.78 is 0. The van der Waals surface area contributed by atoms with Gasteiger partial charge in [0.05, 0.1) is 5.66 Å². The molecule has 0 heterocycles. The van der Waals surface area contributed by atoms with Gasteiger partial charge >= 0.3 is 0 Å². The summed E-state index contributed by atoms with van der Waals surface area (Å²) in [6.07, 6.45) is 3.17. The lowest BCUT2D eigenvalue weighted by atomic mass is 9.95. The number of rotatable bonds is 3. The molecule has 1 rings (SSSR count). The summed E-state index contributed by atoms with van der Waals surface area (Å²) in [4.78, 5) is 0. The van der Waals surface area contributed by atoms with E-state index < -0.39 is 5.66 Å². The van der Waals surface area contributed by atoms with Gasteiger partial charge in [0.2, 0.25) is 0 Å². The SMILES string of the molecule is CCC(N)C(N)(N)C1CC1. The predicted molar refractivity (Wildman–Crippen MR) is 42.1 cm³/mol. The van der Waals surface area contributed by atoms with Gasteiger partial charge in [0, 0.05) is 6.04 Å². The minimum absolute atomic E-state index is 0.0417. The van der Waals surface area contributed by atoms with Crippen LogP contribution in [0.25, 0.3) is 0 Å². The standard InChI is InChI=1S/C7H17N3/c1-2-6(8)7(9,10)5-3-4-5/h5-6H,2-4,8-10H2,1H3. The van der Waals surface area contributed by atoms with E-state index in [9.17, 15) is 0 Å². The second kappa shape index (κ2) is 2.49. The van der Waals surface area contributed by atoms with E-state index >= 15 is 0 Å². The lowest BCUT2D eigenvalue weighted by Gasteiger charge is -2.30. The molecule has 0 aromatic rings. The summed E-state index contributed by atoms with van der Waals surface area (Å²) in [5.74, 6) is 0.474. The molecule has 1 fully saturated rings. The van der Waals surface area contributed by atoms with Gasteiger partial charge < -0.3 is 17.2 Å². The molecule has 60 valence electrons. The average Bonchev–Trinajstić information content (AvgIpc) is 2.66. The van der Waals surface area contributed by atoms with Crippen LogP contribution < -0.4 is 17.2 Å². The van der Waals surface area contributed by atoms with Crippen LogP contribution in [0.4, 0.5) is 0 Å². The van der Waals surface area contributed by atoms with E-state index in [2.05, 4.69) is 0 Å². The maximum Gasteiger partial charge on any atom is 0.0821 e. The van der Waals surface area contributed by atoms with Crippen LogP contribution in [0.5, 0.6) is 0 Å². The molecule has 0 spiro atoms. The summed E-state index contributed by atoms with van der Waals surface area (Å²) in [6, 6.07) is -0.0417. The van der Waals surface area contributed by atoms with Gasteiger partial charge in [-0.05, 0) is 25.2 Å². The van der Waals surface area contributed by atoms with Gasteiger partial charge in [-0.1, -0.05) is 6.92 Å². The number of hydrogen-bond acceptors (Lipinski definition) is 3. The first-order chi connectivity index (χ1) is 4.59. The van der Waals surface area contributed by atoms with Gasteiger partial charge in [0.15, 0.2) is 0 Å². The van der Waals surface area contributed by atoms with Gasteiger partial charge in [0.25, 0.3) is 0 Å². The van der Waals surface area contributed by atoms with E-state index in [1.807, 2.05) is 6.92 Å². The van der Waals surface area contributed by atoms with Crippen molar-refractivity contribution in [2.45, 2.75) is 37.9 Å². The van der Waals surface area contributed by atoms with Crippen molar-refractivity contribution in [1.82, 2.24) is 0 Å². The first kappa shape index (κ1) is 7.98. The predicted octanol–water partition coefficient (Wildman–Crippen LogP) is -0.253. The third-order valence-corrected chi connectivity index (χ3v) is 2.37. The molecule has 3 nitrogen and oxygen atoms in total. The summed E-state index contributed by atoms with van der Waals surface area (Å²) >= 11 is 0. The van der Waals surface area contributed by atoms with Crippen LogP contribution in [0.3, 0.4) is 0 Å². The van der Waals surface area contributed by atoms with Crippen molar-refractivity contribution in [2.75, 3.05) is 0 Å². The Labute approximate surface area is 61.9 Å². The van der Waals surface area contributed by atoms with E-state index in [1.54, 1.807) is 0 Å². The van der Waals surface area contributed by atoms with Crippen molar-refractivity contribution in [2.24, 2.45) is 23.1 Å². The zero-order chi connectivity index (χ0) is 7.78. The Balaban J connectivity index is 2.47. The van der Waals surface area contributed by atoms with Crippen molar-refractivity contribution < 1.29 is 0 Å². The van der Waals surface area contributed by atoms with Crippen molar-refractivity contribution >= 4 is 0 Å². The zero-order valence-electron chi connectivity index (χ0n) is 6.51. The van der Waals surface area contributed by atoms with Crippen LogP contribution >= 0.6 is 0 Å². The summed E-state index contributed by atoms with van der Waals surface area (Å²) in [5.41, 5.74) is 16.8. The first-order valence-corrected chi connectivity index (χ1v) is 3.92. The molecular weight excluding hydrogens is 126 g/mol. The van der Waals surface area contributed by atoms with Crippen LogP contribution in [-0.2, 0) is 0 Å². The van der Waals surface area contributed by atoms with E-state index in [0.717, 1.165) is 19.3 Å². The fraction of sp³-hybridized carbons (Fsp3) is 1.00. The maximum atomic E-state index is 5.83. The van der Waals surface area contributed by atoms with E-state index in [1.165, 1.54) is 0 Å². The maximum absolute atomic E-state index is 5.83. The highest BCUT2D eigenvalue weighted by molar-refractivity contribution is 5.00. The number of nitrogens with two attached hydrogens (primary N) is 3. The first-order valence-electron chi connectivity index (χ1n) is 3.92. The molecule has 1 aliphatic carbocycles. The van der Waals surface area contributed by atoms with Crippen molar-refractivity contribution in [1.29, 1.82) is 0 Å². The largest absolute Gasteiger partial charge is 0.325 e. The molecule has 3 heteroatoms. The summed E-state index contributed by atoms with van der Waals surface area (Å²) in [5, 5.41) is 0. The van der Waals surface area contributed by atoms with Crippen molar-refractivity contribution in [3.8, 4) is 0 Å². The second-order valence-electron chi connectivity index (χ2n) is 3.29. The molecule has 0 aromatic carbocycles. The molecule has 10 heavy (non-hydrogen) atoms.